The molecule has 1 aliphatic rings. The number of carbonyl (C=O) groups excluding carboxylic acids is 1. The number of H-pyrrole nitrogens is 1. The third-order valence-corrected chi connectivity index (χ3v) is 5.78. The van der Waals surface area contributed by atoms with Crippen LogP contribution in [0.25, 0.3) is 10.9 Å². The highest BCUT2D eigenvalue weighted by Gasteiger charge is 2.34. The predicted molar refractivity (Wildman–Crippen MR) is 119 cm³/mol. The van der Waals surface area contributed by atoms with Gasteiger partial charge in [0, 0.05) is 27.1 Å². The molecule has 2 heterocycles. The summed E-state index contributed by atoms with van der Waals surface area (Å²) >= 11 is 3.52. The van der Waals surface area contributed by atoms with Crippen LogP contribution in [0.15, 0.2) is 94.5 Å². The van der Waals surface area contributed by atoms with Crippen molar-refractivity contribution in [1.82, 2.24) is 10.3 Å². The van der Waals surface area contributed by atoms with Crippen LogP contribution in [0.4, 0.5) is 0 Å². The lowest BCUT2D eigenvalue weighted by Gasteiger charge is -2.31. The summed E-state index contributed by atoms with van der Waals surface area (Å²) < 4.78 is 0.962. The SMILES string of the molecule is O=C1N[C@@H](c2ccccc2)[C@H](c2ccccc2)N=C1c1c[nH]c2ccc(Br)cc12. The third kappa shape index (κ3) is 3.28. The van der Waals surface area contributed by atoms with E-state index >= 15 is 0 Å². The molecule has 142 valence electrons. The molecular formula is C24H18BrN3O. The van der Waals surface area contributed by atoms with Crippen molar-refractivity contribution in [2.24, 2.45) is 4.99 Å². The smallest absolute Gasteiger partial charge is 0.270 e. The van der Waals surface area contributed by atoms with Crippen LogP contribution in [0.1, 0.15) is 28.8 Å². The van der Waals surface area contributed by atoms with Crippen LogP contribution in [0.3, 0.4) is 0 Å². The number of aromatic amines is 1. The molecule has 0 unspecified atom stereocenters. The molecule has 0 saturated heterocycles. The zero-order valence-electron chi connectivity index (χ0n) is 15.5. The Hall–Kier alpha value is -3.18. The first-order chi connectivity index (χ1) is 14.2. The number of nitrogens with zero attached hydrogens (tertiary/aromatic N) is 1. The Morgan fingerprint density at radius 1 is 0.862 bits per heavy atom. The van der Waals surface area contributed by atoms with E-state index in [1.54, 1.807) is 0 Å². The fraction of sp³-hybridized carbons (Fsp3) is 0.0833. The van der Waals surface area contributed by atoms with Crippen LogP contribution < -0.4 is 5.32 Å². The van der Waals surface area contributed by atoms with Gasteiger partial charge in [-0.15, -0.1) is 0 Å². The molecule has 1 aliphatic heterocycles. The lowest BCUT2D eigenvalue weighted by molar-refractivity contribution is -0.116. The summed E-state index contributed by atoms with van der Waals surface area (Å²) in [5, 5.41) is 4.17. The minimum atomic E-state index is -0.216. The second-order valence-electron chi connectivity index (χ2n) is 7.09. The molecule has 5 rings (SSSR count). The van der Waals surface area contributed by atoms with Gasteiger partial charge in [0.25, 0.3) is 5.91 Å². The van der Waals surface area contributed by atoms with Gasteiger partial charge in [-0.3, -0.25) is 9.79 Å². The summed E-state index contributed by atoms with van der Waals surface area (Å²) in [4.78, 5) is 21.3. The van der Waals surface area contributed by atoms with Gasteiger partial charge in [-0.2, -0.15) is 0 Å². The normalized spacial score (nSPS) is 19.1. The predicted octanol–water partition coefficient (Wildman–Crippen LogP) is 5.33. The van der Waals surface area contributed by atoms with Gasteiger partial charge in [0.05, 0.1) is 6.04 Å². The number of aliphatic imine (C=N–C) groups is 1. The van der Waals surface area contributed by atoms with E-state index < -0.39 is 0 Å². The highest BCUT2D eigenvalue weighted by Crippen LogP contribution is 2.36. The highest BCUT2D eigenvalue weighted by atomic mass is 79.9. The Morgan fingerprint density at radius 3 is 2.28 bits per heavy atom. The number of hydrogen-bond donors (Lipinski definition) is 2. The first-order valence-electron chi connectivity index (χ1n) is 9.46. The number of aromatic nitrogens is 1. The molecule has 29 heavy (non-hydrogen) atoms. The average Bonchev–Trinajstić information content (AvgIpc) is 3.17. The standard InChI is InChI=1S/C24H18BrN3O/c25-17-11-12-20-18(13-17)19(14-26-20)23-24(29)28-22(16-9-5-2-6-10-16)21(27-23)15-7-3-1-4-8-15/h1-14,21-22,26H,(H,28,29)/t21-,22-/m0/s1. The fourth-order valence-corrected chi connectivity index (χ4v) is 4.25. The fourth-order valence-electron chi connectivity index (χ4n) is 3.88. The summed E-state index contributed by atoms with van der Waals surface area (Å²) in [5.74, 6) is -0.160. The number of rotatable bonds is 3. The number of amides is 1. The Morgan fingerprint density at radius 2 is 1.55 bits per heavy atom. The van der Waals surface area contributed by atoms with Crippen molar-refractivity contribution in [1.29, 1.82) is 0 Å². The van der Waals surface area contributed by atoms with Gasteiger partial charge in [-0.05, 0) is 29.3 Å². The molecule has 4 nitrogen and oxygen atoms in total. The second-order valence-corrected chi connectivity index (χ2v) is 8.00. The summed E-state index contributed by atoms with van der Waals surface area (Å²) in [6.45, 7) is 0. The molecule has 0 aliphatic carbocycles. The van der Waals surface area contributed by atoms with Crippen molar-refractivity contribution in [3.8, 4) is 0 Å². The zero-order chi connectivity index (χ0) is 19.8. The number of halogens is 1. The van der Waals surface area contributed by atoms with Crippen LogP contribution in [0, 0.1) is 0 Å². The first kappa shape index (κ1) is 17.9. The molecule has 5 heteroatoms. The lowest BCUT2D eigenvalue weighted by Crippen LogP contribution is -2.42. The molecule has 3 aromatic carbocycles. The molecule has 2 atom stereocenters. The number of nitrogens with one attached hydrogen (secondary N) is 2. The van der Waals surface area contributed by atoms with Gasteiger partial charge in [-0.25, -0.2) is 0 Å². The first-order valence-corrected chi connectivity index (χ1v) is 10.3. The van der Waals surface area contributed by atoms with Gasteiger partial charge in [-0.1, -0.05) is 76.6 Å². The number of carbonyl (C=O) groups is 1. The van der Waals surface area contributed by atoms with Gasteiger partial charge in [0.1, 0.15) is 11.8 Å². The molecule has 0 bridgehead atoms. The van der Waals surface area contributed by atoms with E-state index in [4.69, 9.17) is 4.99 Å². The van der Waals surface area contributed by atoms with Crippen LogP contribution >= 0.6 is 15.9 Å². The minimum Gasteiger partial charge on any atom is -0.360 e. The molecule has 4 aromatic rings. The summed E-state index contributed by atoms with van der Waals surface area (Å²) in [5.41, 5.74) is 4.35. The maximum Gasteiger partial charge on any atom is 0.270 e. The second kappa shape index (κ2) is 7.33. The van der Waals surface area contributed by atoms with Crippen LogP contribution in [-0.4, -0.2) is 16.6 Å². The zero-order valence-corrected chi connectivity index (χ0v) is 17.1. The number of fused-ring (bicyclic) bond motifs is 1. The van der Waals surface area contributed by atoms with Crippen molar-refractivity contribution in [2.45, 2.75) is 12.1 Å². The van der Waals surface area contributed by atoms with Crippen molar-refractivity contribution < 1.29 is 4.79 Å². The molecule has 0 radical (unpaired) electrons. The Kier molecular flexibility index (Phi) is 4.52. The highest BCUT2D eigenvalue weighted by molar-refractivity contribution is 9.10. The Labute approximate surface area is 176 Å². The molecule has 0 spiro atoms. The van der Waals surface area contributed by atoms with Crippen LogP contribution in [0.2, 0.25) is 0 Å². The minimum absolute atomic E-state index is 0.160. The lowest BCUT2D eigenvalue weighted by atomic mass is 9.91. The summed E-state index contributed by atoms with van der Waals surface area (Å²) in [7, 11) is 0. The van der Waals surface area contributed by atoms with Gasteiger partial charge >= 0.3 is 0 Å². The maximum absolute atomic E-state index is 13.1. The van der Waals surface area contributed by atoms with Crippen molar-refractivity contribution in [2.75, 3.05) is 0 Å². The van der Waals surface area contributed by atoms with E-state index in [2.05, 4.69) is 38.4 Å². The van der Waals surface area contributed by atoms with E-state index in [1.807, 2.05) is 72.9 Å². The van der Waals surface area contributed by atoms with Gasteiger partial charge in [0.15, 0.2) is 0 Å². The Balaban J connectivity index is 1.67. The molecule has 1 amide bonds. The monoisotopic (exact) mass is 443 g/mol. The third-order valence-electron chi connectivity index (χ3n) is 5.28. The Bertz CT molecular complexity index is 1210. The van der Waals surface area contributed by atoms with Gasteiger partial charge in [0.2, 0.25) is 0 Å². The quantitative estimate of drug-likeness (QED) is 0.441. The summed E-state index contributed by atoms with van der Waals surface area (Å²) in [6.07, 6.45) is 1.86. The maximum atomic E-state index is 13.1. The van der Waals surface area contributed by atoms with E-state index in [0.717, 1.165) is 32.1 Å². The van der Waals surface area contributed by atoms with Crippen molar-refractivity contribution in [3.05, 3.63) is 106 Å². The van der Waals surface area contributed by atoms with Crippen molar-refractivity contribution in [3.63, 3.8) is 0 Å². The molecule has 0 saturated carbocycles. The number of benzene rings is 3. The summed E-state index contributed by atoms with van der Waals surface area (Å²) in [6, 6.07) is 25.7. The van der Waals surface area contributed by atoms with Gasteiger partial charge < -0.3 is 10.3 Å². The van der Waals surface area contributed by atoms with Crippen molar-refractivity contribution >= 4 is 38.5 Å². The molecule has 1 aromatic heterocycles. The van der Waals surface area contributed by atoms with Crippen LogP contribution in [0.5, 0.6) is 0 Å². The van der Waals surface area contributed by atoms with E-state index in [1.165, 1.54) is 0 Å². The molecule has 0 fully saturated rings. The van der Waals surface area contributed by atoms with Crippen LogP contribution in [-0.2, 0) is 4.79 Å². The van der Waals surface area contributed by atoms with E-state index in [-0.39, 0.29) is 18.0 Å². The van der Waals surface area contributed by atoms with E-state index in [0.29, 0.717) is 5.71 Å². The molecular weight excluding hydrogens is 426 g/mol. The topological polar surface area (TPSA) is 57.2 Å². The van der Waals surface area contributed by atoms with E-state index in [9.17, 15) is 4.79 Å². The molecule has 2 N–H and O–H groups in total. The average molecular weight is 444 g/mol. The number of hydrogen-bond acceptors (Lipinski definition) is 2. The largest absolute Gasteiger partial charge is 0.360 e.